The number of unbranched alkanes of at least 4 members (excludes halogenated alkanes) is 26. The Morgan fingerprint density at radius 2 is 0.949 bits per heavy atom. The molecular formula is C50H94NO7P. The quantitative estimate of drug-likeness (QED) is 0.0269. The lowest BCUT2D eigenvalue weighted by atomic mass is 10.0. The Labute approximate surface area is 364 Å². The van der Waals surface area contributed by atoms with Gasteiger partial charge in [-0.3, -0.25) is 13.8 Å². The number of nitrogens with two attached hydrogens (primary N) is 1. The molecule has 3 N–H and O–H groups in total. The lowest BCUT2D eigenvalue weighted by molar-refractivity contribution is -0.154. The molecule has 0 fully saturated rings. The smallest absolute Gasteiger partial charge is 0.457 e. The first-order valence-corrected chi connectivity index (χ1v) is 26.1. The molecule has 0 aromatic heterocycles. The fourth-order valence-corrected chi connectivity index (χ4v) is 7.70. The molecule has 0 aromatic carbocycles. The molecular weight excluding hydrogens is 758 g/mol. The first-order chi connectivity index (χ1) is 28.9. The summed E-state index contributed by atoms with van der Waals surface area (Å²) in [6.07, 6.45) is 57.1. The second-order valence-electron chi connectivity index (χ2n) is 16.3. The van der Waals surface area contributed by atoms with E-state index in [1.807, 2.05) is 0 Å². The molecule has 2 unspecified atom stereocenters. The van der Waals surface area contributed by atoms with Gasteiger partial charge in [0.1, 0.15) is 6.10 Å². The lowest BCUT2D eigenvalue weighted by Gasteiger charge is -2.20. The van der Waals surface area contributed by atoms with Crippen LogP contribution in [0.15, 0.2) is 48.6 Å². The molecule has 0 bridgehead atoms. The maximum Gasteiger partial charge on any atom is 0.472 e. The van der Waals surface area contributed by atoms with Crippen LogP contribution in [0.25, 0.3) is 0 Å². The molecule has 0 aliphatic rings. The van der Waals surface area contributed by atoms with Crippen LogP contribution in [-0.4, -0.2) is 49.9 Å². The van der Waals surface area contributed by atoms with Crippen molar-refractivity contribution in [2.24, 2.45) is 5.73 Å². The number of phosphoric ester groups is 1. The van der Waals surface area contributed by atoms with Crippen molar-refractivity contribution in [1.29, 1.82) is 0 Å². The number of hydrogen-bond donors (Lipinski definition) is 2. The molecule has 9 heteroatoms. The van der Waals surface area contributed by atoms with Crippen molar-refractivity contribution < 1.29 is 32.8 Å². The van der Waals surface area contributed by atoms with E-state index in [4.69, 9.17) is 24.3 Å². The zero-order chi connectivity index (χ0) is 43.0. The highest BCUT2D eigenvalue weighted by Gasteiger charge is 2.25. The average molecular weight is 852 g/mol. The van der Waals surface area contributed by atoms with E-state index in [9.17, 15) is 14.3 Å². The van der Waals surface area contributed by atoms with Crippen LogP contribution < -0.4 is 5.73 Å². The van der Waals surface area contributed by atoms with Crippen LogP contribution in [0.2, 0.25) is 0 Å². The molecule has 0 aliphatic carbocycles. The van der Waals surface area contributed by atoms with Crippen molar-refractivity contribution in [2.75, 3.05) is 33.0 Å². The summed E-state index contributed by atoms with van der Waals surface area (Å²) >= 11 is 0. The van der Waals surface area contributed by atoms with Gasteiger partial charge in [-0.05, 0) is 51.4 Å². The van der Waals surface area contributed by atoms with Crippen LogP contribution in [0.4, 0.5) is 0 Å². The van der Waals surface area contributed by atoms with Crippen LogP contribution in [0.5, 0.6) is 0 Å². The Morgan fingerprint density at radius 3 is 1.42 bits per heavy atom. The molecule has 0 heterocycles. The summed E-state index contributed by atoms with van der Waals surface area (Å²) in [5.74, 6) is -0.341. The van der Waals surface area contributed by atoms with Crippen LogP contribution >= 0.6 is 7.82 Å². The summed E-state index contributed by atoms with van der Waals surface area (Å²) < 4.78 is 33.5. The summed E-state index contributed by atoms with van der Waals surface area (Å²) in [4.78, 5) is 22.6. The largest absolute Gasteiger partial charge is 0.472 e. The first kappa shape index (κ1) is 57.5. The normalized spacial score (nSPS) is 13.8. The molecule has 0 spiro atoms. The van der Waals surface area contributed by atoms with Crippen LogP contribution in [-0.2, 0) is 27.9 Å². The molecule has 0 amide bonds. The lowest BCUT2D eigenvalue weighted by Crippen LogP contribution is -2.28. The Hall–Kier alpha value is -1.54. The second kappa shape index (κ2) is 47.5. The molecule has 0 aliphatic heterocycles. The van der Waals surface area contributed by atoms with Crippen molar-refractivity contribution >= 4 is 13.8 Å². The zero-order valence-electron chi connectivity index (χ0n) is 38.5. The minimum atomic E-state index is -4.28. The van der Waals surface area contributed by atoms with Gasteiger partial charge in [0.25, 0.3) is 0 Å². The van der Waals surface area contributed by atoms with Crippen LogP contribution in [0.1, 0.15) is 226 Å². The summed E-state index contributed by atoms with van der Waals surface area (Å²) in [5, 5.41) is 0. The number of phosphoric acid groups is 1. The fourth-order valence-electron chi connectivity index (χ4n) is 6.93. The van der Waals surface area contributed by atoms with Crippen LogP contribution in [0, 0.1) is 0 Å². The van der Waals surface area contributed by atoms with Gasteiger partial charge in [-0.2, -0.15) is 0 Å². The Balaban J connectivity index is 3.96. The zero-order valence-corrected chi connectivity index (χ0v) is 39.4. The topological polar surface area (TPSA) is 117 Å². The number of esters is 1. The van der Waals surface area contributed by atoms with Gasteiger partial charge < -0.3 is 20.1 Å². The van der Waals surface area contributed by atoms with Crippen molar-refractivity contribution in [2.45, 2.75) is 232 Å². The fraction of sp³-hybridized carbons (Fsp3) is 0.820. The van der Waals surface area contributed by atoms with Gasteiger partial charge in [0, 0.05) is 19.6 Å². The molecule has 2 atom stereocenters. The summed E-state index contributed by atoms with van der Waals surface area (Å²) in [6.45, 7) is 4.83. The van der Waals surface area contributed by atoms with E-state index in [1.54, 1.807) is 0 Å². The van der Waals surface area contributed by atoms with Gasteiger partial charge in [-0.1, -0.05) is 217 Å². The van der Waals surface area contributed by atoms with E-state index >= 15 is 0 Å². The second-order valence-corrected chi connectivity index (χ2v) is 17.8. The van der Waals surface area contributed by atoms with E-state index in [2.05, 4.69) is 62.5 Å². The minimum absolute atomic E-state index is 0.0975. The van der Waals surface area contributed by atoms with E-state index in [0.717, 1.165) is 70.6 Å². The van der Waals surface area contributed by atoms with Gasteiger partial charge in [0.15, 0.2) is 0 Å². The van der Waals surface area contributed by atoms with E-state index < -0.39 is 13.9 Å². The monoisotopic (exact) mass is 852 g/mol. The van der Waals surface area contributed by atoms with E-state index in [0.29, 0.717) is 13.0 Å². The Morgan fingerprint density at radius 1 is 0.525 bits per heavy atom. The molecule has 59 heavy (non-hydrogen) atoms. The van der Waals surface area contributed by atoms with Gasteiger partial charge in [-0.15, -0.1) is 0 Å². The first-order valence-electron chi connectivity index (χ1n) is 24.6. The maximum absolute atomic E-state index is 12.6. The third kappa shape index (κ3) is 47.4. The predicted octanol–water partition coefficient (Wildman–Crippen LogP) is 15.1. The third-order valence-corrected chi connectivity index (χ3v) is 11.5. The highest BCUT2D eigenvalue weighted by atomic mass is 31.2. The minimum Gasteiger partial charge on any atom is -0.457 e. The molecule has 8 nitrogen and oxygen atoms in total. The number of carbonyl (C=O) groups excluding carboxylic acids is 1. The highest BCUT2D eigenvalue weighted by molar-refractivity contribution is 7.47. The number of allylic oxidation sites excluding steroid dienone is 8. The Kier molecular flexibility index (Phi) is 46.3. The molecule has 0 saturated heterocycles. The number of hydrogen-bond acceptors (Lipinski definition) is 7. The highest BCUT2D eigenvalue weighted by Crippen LogP contribution is 2.43. The average Bonchev–Trinajstić information content (AvgIpc) is 3.23. The summed E-state index contributed by atoms with van der Waals surface area (Å²) in [6, 6.07) is 0. The molecule has 0 saturated carbocycles. The van der Waals surface area contributed by atoms with Crippen molar-refractivity contribution in [3.63, 3.8) is 0 Å². The summed E-state index contributed by atoms with van der Waals surface area (Å²) in [7, 11) is -4.28. The van der Waals surface area contributed by atoms with Crippen molar-refractivity contribution in [3.8, 4) is 0 Å². The number of rotatable bonds is 47. The van der Waals surface area contributed by atoms with Gasteiger partial charge in [0.05, 0.1) is 19.8 Å². The molecule has 0 radical (unpaired) electrons. The standard InChI is InChI=1S/C50H94NO7P/c1-3-5-7-9-11-13-15-17-19-21-23-24-26-28-30-32-34-36-38-40-42-45-55-47-49(48-57-59(53,54)56-46-44-51)58-50(52)43-41-39-37-35-33-31-29-27-25-22-20-18-16-14-12-10-8-6-4-2/h6,8,12,14,18,20,25,27,49H,3-5,7,9-11,13,15-17,19,21-24,26,28-48,51H2,1-2H3,(H,53,54)/b8-6-,14-12-,20-18-,27-25-. The summed E-state index contributed by atoms with van der Waals surface area (Å²) in [5.41, 5.74) is 5.38. The van der Waals surface area contributed by atoms with Gasteiger partial charge in [0.2, 0.25) is 0 Å². The van der Waals surface area contributed by atoms with Crippen molar-refractivity contribution in [1.82, 2.24) is 0 Å². The van der Waals surface area contributed by atoms with Gasteiger partial charge >= 0.3 is 13.8 Å². The van der Waals surface area contributed by atoms with E-state index in [1.165, 1.54) is 135 Å². The number of ether oxygens (including phenoxy) is 2. The molecule has 0 rings (SSSR count). The van der Waals surface area contributed by atoms with Gasteiger partial charge in [-0.25, -0.2) is 4.57 Å². The van der Waals surface area contributed by atoms with Crippen LogP contribution in [0.3, 0.4) is 0 Å². The maximum atomic E-state index is 12.6. The van der Waals surface area contributed by atoms with E-state index in [-0.39, 0.29) is 32.3 Å². The molecule has 0 aromatic rings. The molecule has 346 valence electrons. The Bertz CT molecular complexity index is 1050. The predicted molar refractivity (Wildman–Crippen MR) is 252 cm³/mol. The third-order valence-electron chi connectivity index (χ3n) is 10.5. The SMILES string of the molecule is CC/C=C\C/C=C\C/C=C\C/C=C\CCCCCCCCC(=O)OC(COCCCCCCCCCCCCCCCCCCCCCCC)COP(=O)(O)OCCN. The number of carbonyl (C=O) groups is 1. The van der Waals surface area contributed by atoms with Crippen molar-refractivity contribution in [3.05, 3.63) is 48.6 Å².